The molecule has 0 radical (unpaired) electrons. The number of aromatic nitrogens is 3. The summed E-state index contributed by atoms with van der Waals surface area (Å²) in [5.74, 6) is 0.941. The molecule has 4 rings (SSSR count). The molecule has 1 aliphatic heterocycles. The van der Waals surface area contributed by atoms with Crippen molar-refractivity contribution in [1.29, 1.82) is 0 Å². The molecule has 122 valence electrons. The Morgan fingerprint density at radius 2 is 2.30 bits per heavy atom. The van der Waals surface area contributed by atoms with Gasteiger partial charge in [0.2, 0.25) is 11.0 Å². The van der Waals surface area contributed by atoms with Crippen LogP contribution in [0.5, 0.6) is 0 Å². The van der Waals surface area contributed by atoms with Crippen molar-refractivity contribution in [2.75, 3.05) is 24.5 Å². The number of carbonyl (C=O) groups excluding carboxylic acids is 1. The first kappa shape index (κ1) is 14.6. The summed E-state index contributed by atoms with van der Waals surface area (Å²) < 4.78 is 4.85. The molecule has 1 amide bonds. The molecule has 23 heavy (non-hydrogen) atoms. The van der Waals surface area contributed by atoms with Gasteiger partial charge >= 0.3 is 0 Å². The maximum Gasteiger partial charge on any atom is 0.224 e. The summed E-state index contributed by atoms with van der Waals surface area (Å²) >= 11 is 1.49. The van der Waals surface area contributed by atoms with Crippen molar-refractivity contribution < 1.29 is 9.32 Å². The number of rotatable bonds is 5. The van der Waals surface area contributed by atoms with Gasteiger partial charge in [-0.3, -0.25) is 4.79 Å². The lowest BCUT2D eigenvalue weighted by Crippen LogP contribution is -2.43. The largest absolute Gasteiger partial charge is 0.364 e. The van der Waals surface area contributed by atoms with Crippen molar-refractivity contribution in [3.05, 3.63) is 12.3 Å². The highest BCUT2D eigenvalue weighted by molar-refractivity contribution is 7.18. The number of hydrogen-bond acceptors (Lipinski definition) is 7. The number of nitrogens with one attached hydrogen (secondary N) is 1. The highest BCUT2D eigenvalue weighted by Gasteiger charge is 2.29. The third kappa shape index (κ3) is 3.36. The molecule has 8 heteroatoms. The second kappa shape index (κ2) is 6.27. The lowest BCUT2D eigenvalue weighted by atomic mass is 9.97. The van der Waals surface area contributed by atoms with Gasteiger partial charge in [0.25, 0.3) is 0 Å². The normalized spacial score (nSPS) is 21.4. The topological polar surface area (TPSA) is 84.2 Å². The van der Waals surface area contributed by atoms with E-state index in [1.807, 2.05) is 0 Å². The summed E-state index contributed by atoms with van der Waals surface area (Å²) in [5.41, 5.74) is 0.699. The van der Waals surface area contributed by atoms with Crippen molar-refractivity contribution in [2.45, 2.75) is 25.7 Å². The van der Waals surface area contributed by atoms with E-state index in [1.165, 1.54) is 30.4 Å². The average Bonchev–Trinajstić information content (AvgIpc) is 3.05. The van der Waals surface area contributed by atoms with Gasteiger partial charge in [0.15, 0.2) is 5.01 Å². The predicted octanol–water partition coefficient (Wildman–Crippen LogP) is 1.94. The Bertz CT molecular complexity index is 667. The number of nitrogens with zero attached hydrogens (tertiary/aromatic N) is 4. The molecule has 0 bridgehead atoms. The van der Waals surface area contributed by atoms with E-state index in [-0.39, 0.29) is 11.8 Å². The van der Waals surface area contributed by atoms with Crippen LogP contribution in [0.25, 0.3) is 10.7 Å². The first-order chi connectivity index (χ1) is 11.3. The first-order valence-electron chi connectivity index (χ1n) is 8.06. The summed E-state index contributed by atoms with van der Waals surface area (Å²) in [4.78, 5) is 14.5. The fourth-order valence-corrected chi connectivity index (χ4v) is 3.69. The molecule has 3 heterocycles. The Kier molecular flexibility index (Phi) is 3.99. The van der Waals surface area contributed by atoms with Crippen molar-refractivity contribution in [1.82, 2.24) is 20.7 Å². The molecule has 7 nitrogen and oxygen atoms in total. The fourth-order valence-electron chi connectivity index (χ4n) is 2.85. The van der Waals surface area contributed by atoms with Gasteiger partial charge in [-0.05, 0) is 31.6 Å². The SMILES string of the molecule is O=C(NCC1CC1)[C@@H]1CCCN(c2nnc(-c3ccon3)s2)C1. The molecular weight excluding hydrogens is 314 g/mol. The van der Waals surface area contributed by atoms with E-state index in [1.54, 1.807) is 6.07 Å². The van der Waals surface area contributed by atoms with Crippen molar-refractivity contribution in [3.8, 4) is 10.7 Å². The number of hydrogen-bond donors (Lipinski definition) is 1. The average molecular weight is 333 g/mol. The zero-order chi connectivity index (χ0) is 15.6. The van der Waals surface area contributed by atoms with Crippen LogP contribution in [0.3, 0.4) is 0 Å². The van der Waals surface area contributed by atoms with E-state index in [9.17, 15) is 4.79 Å². The van der Waals surface area contributed by atoms with Crippen LogP contribution < -0.4 is 10.2 Å². The summed E-state index contributed by atoms with van der Waals surface area (Å²) in [7, 11) is 0. The van der Waals surface area contributed by atoms with Gasteiger partial charge in [0, 0.05) is 25.7 Å². The van der Waals surface area contributed by atoms with Gasteiger partial charge in [-0.15, -0.1) is 10.2 Å². The van der Waals surface area contributed by atoms with Crippen LogP contribution in [-0.4, -0.2) is 40.9 Å². The summed E-state index contributed by atoms with van der Waals surface area (Å²) in [6.45, 7) is 2.47. The number of piperidine rings is 1. The van der Waals surface area contributed by atoms with Gasteiger partial charge in [-0.2, -0.15) is 0 Å². The van der Waals surface area contributed by atoms with Gasteiger partial charge in [0.1, 0.15) is 12.0 Å². The molecule has 1 saturated heterocycles. The molecule has 2 aromatic heterocycles. The monoisotopic (exact) mass is 333 g/mol. The summed E-state index contributed by atoms with van der Waals surface area (Å²) in [5, 5.41) is 17.0. The standard InChI is InChI=1S/C15H19N5O2S/c21-13(16-8-10-3-4-10)11-2-1-6-20(9-11)15-18-17-14(23-15)12-5-7-22-19-12/h5,7,10-11H,1-4,6,8-9H2,(H,16,21)/t11-/m1/s1. The Morgan fingerprint density at radius 1 is 1.39 bits per heavy atom. The van der Waals surface area contributed by atoms with Gasteiger partial charge < -0.3 is 14.7 Å². The van der Waals surface area contributed by atoms with Crippen LogP contribution in [-0.2, 0) is 4.79 Å². The maximum atomic E-state index is 12.3. The van der Waals surface area contributed by atoms with E-state index in [4.69, 9.17) is 4.52 Å². The second-order valence-electron chi connectivity index (χ2n) is 6.25. The quantitative estimate of drug-likeness (QED) is 0.900. The van der Waals surface area contributed by atoms with Crippen molar-refractivity contribution in [2.24, 2.45) is 11.8 Å². The van der Waals surface area contributed by atoms with E-state index in [0.717, 1.165) is 36.1 Å². The number of carbonyl (C=O) groups is 1. The molecular formula is C15H19N5O2S. The molecule has 0 aromatic carbocycles. The predicted molar refractivity (Wildman–Crippen MR) is 86.1 cm³/mol. The van der Waals surface area contributed by atoms with Crippen molar-refractivity contribution in [3.63, 3.8) is 0 Å². The van der Waals surface area contributed by atoms with Crippen LogP contribution in [0.15, 0.2) is 16.9 Å². The Labute approximate surface area is 138 Å². The fraction of sp³-hybridized carbons (Fsp3) is 0.600. The number of anilines is 1. The summed E-state index contributed by atoms with van der Waals surface area (Å²) in [6.07, 6.45) is 5.99. The smallest absolute Gasteiger partial charge is 0.224 e. The lowest BCUT2D eigenvalue weighted by molar-refractivity contribution is -0.125. The molecule has 2 aromatic rings. The Morgan fingerprint density at radius 3 is 3.09 bits per heavy atom. The van der Waals surface area contributed by atoms with Crippen LogP contribution in [0.4, 0.5) is 5.13 Å². The molecule has 2 aliphatic rings. The minimum absolute atomic E-state index is 0.0434. The second-order valence-corrected chi connectivity index (χ2v) is 7.20. The third-order valence-electron chi connectivity index (χ3n) is 4.40. The molecule has 1 saturated carbocycles. The lowest BCUT2D eigenvalue weighted by Gasteiger charge is -2.31. The molecule has 1 atom stereocenters. The molecule has 1 N–H and O–H groups in total. The van der Waals surface area contributed by atoms with Crippen LogP contribution >= 0.6 is 11.3 Å². The van der Waals surface area contributed by atoms with Crippen molar-refractivity contribution >= 4 is 22.4 Å². The minimum atomic E-state index is 0.0434. The van der Waals surface area contributed by atoms with Gasteiger partial charge in [-0.1, -0.05) is 16.5 Å². The minimum Gasteiger partial charge on any atom is -0.364 e. The summed E-state index contributed by atoms with van der Waals surface area (Å²) in [6, 6.07) is 1.77. The van der Waals surface area contributed by atoms with Crippen LogP contribution in [0.2, 0.25) is 0 Å². The van der Waals surface area contributed by atoms with Gasteiger partial charge in [0.05, 0.1) is 5.92 Å². The Balaban J connectivity index is 1.39. The maximum absolute atomic E-state index is 12.3. The van der Waals surface area contributed by atoms with Crippen LogP contribution in [0.1, 0.15) is 25.7 Å². The molecule has 2 fully saturated rings. The first-order valence-corrected chi connectivity index (χ1v) is 8.88. The number of amides is 1. The van der Waals surface area contributed by atoms with E-state index in [2.05, 4.69) is 25.6 Å². The Hall–Kier alpha value is -1.96. The molecule has 0 unspecified atom stereocenters. The molecule has 1 aliphatic carbocycles. The zero-order valence-corrected chi connectivity index (χ0v) is 13.6. The van der Waals surface area contributed by atoms with E-state index in [0.29, 0.717) is 18.2 Å². The third-order valence-corrected chi connectivity index (χ3v) is 5.40. The zero-order valence-electron chi connectivity index (χ0n) is 12.8. The van der Waals surface area contributed by atoms with E-state index >= 15 is 0 Å². The highest BCUT2D eigenvalue weighted by Crippen LogP contribution is 2.31. The van der Waals surface area contributed by atoms with Crippen LogP contribution in [0, 0.1) is 11.8 Å². The highest BCUT2D eigenvalue weighted by atomic mass is 32.1. The van der Waals surface area contributed by atoms with E-state index < -0.39 is 0 Å². The molecule has 0 spiro atoms. The van der Waals surface area contributed by atoms with Gasteiger partial charge in [-0.25, -0.2) is 0 Å².